The Morgan fingerprint density at radius 3 is 1.88 bits per heavy atom. The Hall–Kier alpha value is -2.53. The van der Waals surface area contributed by atoms with E-state index in [0.717, 1.165) is 5.56 Å². The fourth-order valence-corrected chi connectivity index (χ4v) is 2.35. The number of hydrogen-bond acceptors (Lipinski definition) is 2. The quantitative estimate of drug-likeness (QED) is 0.770. The monoisotopic (exact) mass is 345 g/mol. The summed E-state index contributed by atoms with van der Waals surface area (Å²) in [6.45, 7) is 5.27. The summed E-state index contributed by atoms with van der Waals surface area (Å²) in [5, 5.41) is 9.02. The SMILES string of the molecule is CC(=O)Nc1ccc(NC(=O)NC(C)(C)c2ccc(Cl)cc2)cc1. The van der Waals surface area contributed by atoms with Crippen molar-refractivity contribution < 1.29 is 9.59 Å². The number of anilines is 2. The standard InChI is InChI=1S/C18H20ClN3O2/c1-12(23)20-15-8-10-16(11-9-15)21-17(24)22-18(2,3)13-4-6-14(19)7-5-13/h4-11H,1-3H3,(H,20,23)(H2,21,22,24). The second-order valence-corrected chi connectivity index (χ2v) is 6.41. The van der Waals surface area contributed by atoms with Crippen LogP contribution in [0, 0.1) is 0 Å². The molecule has 0 aliphatic heterocycles. The van der Waals surface area contributed by atoms with Crippen LogP contribution < -0.4 is 16.0 Å². The van der Waals surface area contributed by atoms with Gasteiger partial charge in [-0.05, 0) is 55.8 Å². The van der Waals surface area contributed by atoms with Crippen molar-refractivity contribution in [2.75, 3.05) is 10.6 Å². The summed E-state index contributed by atoms with van der Waals surface area (Å²) in [5.41, 5.74) is 1.71. The molecule has 2 aromatic rings. The number of amides is 3. The molecule has 5 nitrogen and oxygen atoms in total. The maximum Gasteiger partial charge on any atom is 0.319 e. The highest BCUT2D eigenvalue weighted by atomic mass is 35.5. The molecule has 126 valence electrons. The van der Waals surface area contributed by atoms with Crippen LogP contribution in [-0.4, -0.2) is 11.9 Å². The Balaban J connectivity index is 1.99. The minimum absolute atomic E-state index is 0.141. The molecular weight excluding hydrogens is 326 g/mol. The van der Waals surface area contributed by atoms with Crippen molar-refractivity contribution in [2.45, 2.75) is 26.3 Å². The van der Waals surface area contributed by atoms with E-state index >= 15 is 0 Å². The molecule has 0 aromatic heterocycles. The number of benzene rings is 2. The first kappa shape index (κ1) is 17.8. The minimum Gasteiger partial charge on any atom is -0.329 e. The van der Waals surface area contributed by atoms with Crippen molar-refractivity contribution in [3.05, 3.63) is 59.1 Å². The van der Waals surface area contributed by atoms with Crippen LogP contribution in [0.5, 0.6) is 0 Å². The van der Waals surface area contributed by atoms with Crippen molar-refractivity contribution in [3.8, 4) is 0 Å². The van der Waals surface area contributed by atoms with Gasteiger partial charge in [0.2, 0.25) is 5.91 Å². The number of urea groups is 1. The smallest absolute Gasteiger partial charge is 0.319 e. The third kappa shape index (κ3) is 4.99. The van der Waals surface area contributed by atoms with E-state index in [4.69, 9.17) is 11.6 Å². The van der Waals surface area contributed by atoms with Crippen molar-refractivity contribution in [1.82, 2.24) is 5.32 Å². The predicted molar refractivity (Wildman–Crippen MR) is 97.4 cm³/mol. The average molecular weight is 346 g/mol. The van der Waals surface area contributed by atoms with E-state index in [0.29, 0.717) is 16.4 Å². The summed E-state index contributed by atoms with van der Waals surface area (Å²) in [5.74, 6) is -0.141. The number of hydrogen-bond donors (Lipinski definition) is 3. The van der Waals surface area contributed by atoms with Crippen LogP contribution in [0.1, 0.15) is 26.3 Å². The first-order valence-corrected chi connectivity index (χ1v) is 7.87. The number of rotatable bonds is 4. The van der Waals surface area contributed by atoms with E-state index in [1.165, 1.54) is 6.92 Å². The maximum absolute atomic E-state index is 12.2. The molecule has 0 bridgehead atoms. The second kappa shape index (κ2) is 7.36. The molecule has 0 atom stereocenters. The van der Waals surface area contributed by atoms with Gasteiger partial charge in [-0.1, -0.05) is 23.7 Å². The summed E-state index contributed by atoms with van der Waals surface area (Å²) >= 11 is 5.89. The zero-order valence-electron chi connectivity index (χ0n) is 13.8. The van der Waals surface area contributed by atoms with E-state index < -0.39 is 5.54 Å². The summed E-state index contributed by atoms with van der Waals surface area (Å²) in [6.07, 6.45) is 0. The van der Waals surface area contributed by atoms with E-state index in [-0.39, 0.29) is 11.9 Å². The van der Waals surface area contributed by atoms with Gasteiger partial charge in [0.15, 0.2) is 0 Å². The number of nitrogens with one attached hydrogen (secondary N) is 3. The van der Waals surface area contributed by atoms with Gasteiger partial charge in [-0.3, -0.25) is 4.79 Å². The molecule has 0 fully saturated rings. The van der Waals surface area contributed by atoms with Crippen molar-refractivity contribution in [1.29, 1.82) is 0 Å². The van der Waals surface area contributed by atoms with Crippen LogP contribution in [0.25, 0.3) is 0 Å². The molecule has 24 heavy (non-hydrogen) atoms. The molecule has 6 heteroatoms. The van der Waals surface area contributed by atoms with Gasteiger partial charge in [0.05, 0.1) is 5.54 Å². The molecule has 0 saturated heterocycles. The van der Waals surface area contributed by atoms with Crippen LogP contribution in [0.2, 0.25) is 5.02 Å². The highest BCUT2D eigenvalue weighted by molar-refractivity contribution is 6.30. The molecule has 0 radical (unpaired) electrons. The van der Waals surface area contributed by atoms with Crippen molar-refractivity contribution in [2.24, 2.45) is 0 Å². The van der Waals surface area contributed by atoms with E-state index in [1.807, 2.05) is 26.0 Å². The Labute approximate surface area is 146 Å². The Morgan fingerprint density at radius 1 is 0.875 bits per heavy atom. The van der Waals surface area contributed by atoms with Gasteiger partial charge in [0.1, 0.15) is 0 Å². The Morgan fingerprint density at radius 2 is 1.38 bits per heavy atom. The van der Waals surface area contributed by atoms with Crippen molar-refractivity contribution in [3.63, 3.8) is 0 Å². The van der Waals surface area contributed by atoms with Crippen molar-refractivity contribution >= 4 is 34.9 Å². The molecule has 0 unspecified atom stereocenters. The third-order valence-electron chi connectivity index (χ3n) is 3.46. The van der Waals surface area contributed by atoms with Gasteiger partial charge in [0, 0.05) is 23.3 Å². The van der Waals surface area contributed by atoms with E-state index in [2.05, 4.69) is 16.0 Å². The number of carbonyl (C=O) groups excluding carboxylic acids is 2. The lowest BCUT2D eigenvalue weighted by molar-refractivity contribution is -0.114. The first-order chi connectivity index (χ1) is 11.3. The molecular formula is C18H20ClN3O2. The molecule has 2 rings (SSSR count). The average Bonchev–Trinajstić information content (AvgIpc) is 2.48. The van der Waals surface area contributed by atoms with Gasteiger partial charge in [-0.15, -0.1) is 0 Å². The first-order valence-electron chi connectivity index (χ1n) is 7.49. The fraction of sp³-hybridized carbons (Fsp3) is 0.222. The zero-order chi connectivity index (χ0) is 17.7. The molecule has 0 aliphatic rings. The molecule has 3 amide bonds. The van der Waals surface area contributed by atoms with E-state index in [1.54, 1.807) is 36.4 Å². The van der Waals surface area contributed by atoms with Crippen LogP contribution in [0.4, 0.5) is 16.2 Å². The van der Waals surface area contributed by atoms with Gasteiger partial charge >= 0.3 is 6.03 Å². The maximum atomic E-state index is 12.2. The third-order valence-corrected chi connectivity index (χ3v) is 3.71. The molecule has 2 aromatic carbocycles. The summed E-state index contributed by atoms with van der Waals surface area (Å²) in [6, 6.07) is 13.9. The van der Waals surface area contributed by atoms with Crippen LogP contribution in [-0.2, 0) is 10.3 Å². The lowest BCUT2D eigenvalue weighted by atomic mass is 9.94. The van der Waals surface area contributed by atoms with Crippen LogP contribution >= 0.6 is 11.6 Å². The molecule has 0 aliphatic carbocycles. The predicted octanol–water partition coefficient (Wildman–Crippen LogP) is 4.36. The number of halogens is 1. The molecule has 0 heterocycles. The summed E-state index contributed by atoms with van der Waals surface area (Å²) in [4.78, 5) is 23.2. The molecule has 0 saturated carbocycles. The summed E-state index contributed by atoms with van der Waals surface area (Å²) in [7, 11) is 0. The largest absolute Gasteiger partial charge is 0.329 e. The normalized spacial score (nSPS) is 10.8. The Bertz CT molecular complexity index is 725. The molecule has 3 N–H and O–H groups in total. The van der Waals surface area contributed by atoms with Crippen LogP contribution in [0.15, 0.2) is 48.5 Å². The molecule has 0 spiro atoms. The highest BCUT2D eigenvalue weighted by Crippen LogP contribution is 2.22. The van der Waals surface area contributed by atoms with Gasteiger partial charge < -0.3 is 16.0 Å². The second-order valence-electron chi connectivity index (χ2n) is 5.97. The highest BCUT2D eigenvalue weighted by Gasteiger charge is 2.22. The van der Waals surface area contributed by atoms with Gasteiger partial charge in [-0.25, -0.2) is 4.79 Å². The summed E-state index contributed by atoms with van der Waals surface area (Å²) < 4.78 is 0. The van der Waals surface area contributed by atoms with Crippen LogP contribution in [0.3, 0.4) is 0 Å². The minimum atomic E-state index is -0.551. The van der Waals surface area contributed by atoms with E-state index in [9.17, 15) is 9.59 Å². The van der Waals surface area contributed by atoms with Gasteiger partial charge in [-0.2, -0.15) is 0 Å². The number of carbonyl (C=O) groups is 2. The lowest BCUT2D eigenvalue weighted by Gasteiger charge is -2.27. The zero-order valence-corrected chi connectivity index (χ0v) is 14.6. The lowest BCUT2D eigenvalue weighted by Crippen LogP contribution is -2.43. The Kier molecular flexibility index (Phi) is 5.46. The fourth-order valence-electron chi connectivity index (χ4n) is 2.23. The van der Waals surface area contributed by atoms with Gasteiger partial charge in [0.25, 0.3) is 0 Å². The topological polar surface area (TPSA) is 70.2 Å².